The highest BCUT2D eigenvalue weighted by Gasteiger charge is 2.39. The summed E-state index contributed by atoms with van der Waals surface area (Å²) in [4.78, 5) is 23.6. The molecule has 0 saturated carbocycles. The van der Waals surface area contributed by atoms with E-state index in [9.17, 15) is 4.79 Å². The number of carbonyl (C=O) groups is 1. The van der Waals surface area contributed by atoms with Gasteiger partial charge < -0.3 is 10.2 Å². The van der Waals surface area contributed by atoms with Crippen LogP contribution in [0.5, 0.6) is 0 Å². The molecule has 2 heterocycles. The predicted molar refractivity (Wildman–Crippen MR) is 109 cm³/mol. The molecule has 0 spiro atoms. The Bertz CT molecular complexity index is 965. The van der Waals surface area contributed by atoms with Crippen LogP contribution in [-0.4, -0.2) is 51.5 Å². The minimum Gasteiger partial charge on any atom is -0.350 e. The summed E-state index contributed by atoms with van der Waals surface area (Å²) in [5.41, 5.74) is 3.20. The summed E-state index contributed by atoms with van der Waals surface area (Å²) in [6, 6.07) is 12.2. The molecular weight excluding hydrogens is 350 g/mol. The standard InChI is InChI=1S/C22H25N5O/c1-16-23-10-11-27(16)20-9-8-19(14-24-20)21(28)25-15-22(26(2)3)12-17-6-4-5-7-18(17)13-22/h4-11,14H,12-13,15H2,1-3H3,(H,25,28). The van der Waals surface area contributed by atoms with E-state index in [0.29, 0.717) is 12.1 Å². The van der Waals surface area contributed by atoms with Crippen molar-refractivity contribution < 1.29 is 4.79 Å². The van der Waals surface area contributed by atoms with Crippen LogP contribution < -0.4 is 5.32 Å². The normalized spacial score (nSPS) is 14.9. The average molecular weight is 375 g/mol. The monoisotopic (exact) mass is 375 g/mol. The van der Waals surface area contributed by atoms with Crippen LogP contribution in [0.3, 0.4) is 0 Å². The molecule has 2 aromatic heterocycles. The Balaban J connectivity index is 1.46. The Hall–Kier alpha value is -2.99. The molecule has 0 fully saturated rings. The van der Waals surface area contributed by atoms with Gasteiger partial charge in [-0.05, 0) is 57.1 Å². The van der Waals surface area contributed by atoms with Crippen LogP contribution in [0.4, 0.5) is 0 Å². The number of aromatic nitrogens is 3. The Kier molecular flexibility index (Phi) is 4.73. The van der Waals surface area contributed by atoms with Gasteiger partial charge in [-0.3, -0.25) is 9.36 Å². The van der Waals surface area contributed by atoms with Crippen molar-refractivity contribution in [2.45, 2.75) is 25.3 Å². The van der Waals surface area contributed by atoms with Gasteiger partial charge in [-0.2, -0.15) is 0 Å². The summed E-state index contributed by atoms with van der Waals surface area (Å²) >= 11 is 0. The van der Waals surface area contributed by atoms with Gasteiger partial charge >= 0.3 is 0 Å². The van der Waals surface area contributed by atoms with E-state index in [1.165, 1.54) is 11.1 Å². The van der Waals surface area contributed by atoms with E-state index >= 15 is 0 Å². The number of imidazole rings is 1. The molecule has 4 rings (SSSR count). The third-order valence-corrected chi connectivity index (χ3v) is 5.77. The number of pyridine rings is 1. The Morgan fingerprint density at radius 3 is 2.39 bits per heavy atom. The molecule has 0 saturated heterocycles. The second-order valence-electron chi connectivity index (χ2n) is 7.67. The molecule has 6 heteroatoms. The van der Waals surface area contributed by atoms with Crippen molar-refractivity contribution in [1.82, 2.24) is 24.8 Å². The molecule has 28 heavy (non-hydrogen) atoms. The molecule has 0 radical (unpaired) electrons. The molecule has 0 bridgehead atoms. The molecule has 0 aliphatic heterocycles. The van der Waals surface area contributed by atoms with Gasteiger partial charge in [0.1, 0.15) is 11.6 Å². The second kappa shape index (κ2) is 7.20. The fourth-order valence-electron chi connectivity index (χ4n) is 3.90. The first-order valence-corrected chi connectivity index (χ1v) is 9.47. The SMILES string of the molecule is Cc1nccn1-c1ccc(C(=O)NCC2(N(C)C)Cc3ccccc3C2)cn1. The van der Waals surface area contributed by atoms with E-state index in [4.69, 9.17) is 0 Å². The average Bonchev–Trinajstić information content (AvgIpc) is 3.30. The smallest absolute Gasteiger partial charge is 0.252 e. The van der Waals surface area contributed by atoms with Gasteiger partial charge in [-0.25, -0.2) is 9.97 Å². The highest BCUT2D eigenvalue weighted by molar-refractivity contribution is 5.94. The number of fused-ring (bicyclic) bond motifs is 1. The number of rotatable bonds is 5. The van der Waals surface area contributed by atoms with Gasteiger partial charge in [0.2, 0.25) is 0 Å². The molecule has 3 aromatic rings. The highest BCUT2D eigenvalue weighted by atomic mass is 16.1. The fourth-order valence-corrected chi connectivity index (χ4v) is 3.90. The van der Waals surface area contributed by atoms with Crippen molar-refractivity contribution in [3.63, 3.8) is 0 Å². The molecule has 1 aromatic carbocycles. The maximum absolute atomic E-state index is 12.7. The summed E-state index contributed by atoms with van der Waals surface area (Å²) < 4.78 is 1.89. The van der Waals surface area contributed by atoms with E-state index in [1.54, 1.807) is 12.4 Å². The summed E-state index contributed by atoms with van der Waals surface area (Å²) in [6.45, 7) is 2.51. The second-order valence-corrected chi connectivity index (χ2v) is 7.67. The number of hydrogen-bond acceptors (Lipinski definition) is 4. The minimum atomic E-state index is -0.0985. The van der Waals surface area contributed by atoms with Gasteiger partial charge in [0.25, 0.3) is 5.91 Å². The minimum absolute atomic E-state index is 0.0966. The molecular formula is C22H25N5O. The zero-order chi connectivity index (χ0) is 19.7. The first-order chi connectivity index (χ1) is 13.5. The maximum atomic E-state index is 12.7. The topological polar surface area (TPSA) is 63.1 Å². The zero-order valence-corrected chi connectivity index (χ0v) is 16.5. The molecule has 144 valence electrons. The Morgan fingerprint density at radius 1 is 1.14 bits per heavy atom. The third-order valence-electron chi connectivity index (χ3n) is 5.77. The Labute approximate surface area is 165 Å². The number of hydrogen-bond donors (Lipinski definition) is 1. The maximum Gasteiger partial charge on any atom is 0.252 e. The van der Waals surface area contributed by atoms with Gasteiger partial charge in [0.15, 0.2) is 0 Å². The van der Waals surface area contributed by atoms with Crippen LogP contribution in [0, 0.1) is 6.92 Å². The zero-order valence-electron chi connectivity index (χ0n) is 16.5. The first-order valence-electron chi connectivity index (χ1n) is 9.47. The number of amides is 1. The van der Waals surface area contributed by atoms with Crippen molar-refractivity contribution in [2.75, 3.05) is 20.6 Å². The molecule has 1 aliphatic carbocycles. The number of nitrogens with zero attached hydrogens (tertiary/aromatic N) is 4. The van der Waals surface area contributed by atoms with Crippen LogP contribution in [-0.2, 0) is 12.8 Å². The number of nitrogens with one attached hydrogen (secondary N) is 1. The lowest BCUT2D eigenvalue weighted by molar-refractivity contribution is 0.0902. The van der Waals surface area contributed by atoms with E-state index in [-0.39, 0.29) is 11.4 Å². The van der Waals surface area contributed by atoms with Crippen molar-refractivity contribution in [3.8, 4) is 5.82 Å². The van der Waals surface area contributed by atoms with Gasteiger partial charge in [-0.15, -0.1) is 0 Å². The summed E-state index contributed by atoms with van der Waals surface area (Å²) in [5, 5.41) is 3.12. The van der Waals surface area contributed by atoms with Crippen molar-refractivity contribution in [1.29, 1.82) is 0 Å². The van der Waals surface area contributed by atoms with Gasteiger partial charge in [-0.1, -0.05) is 24.3 Å². The number of carbonyl (C=O) groups excluding carboxylic acids is 1. The van der Waals surface area contributed by atoms with Crippen LogP contribution in [0.1, 0.15) is 27.3 Å². The van der Waals surface area contributed by atoms with E-state index in [1.807, 2.05) is 29.8 Å². The Morgan fingerprint density at radius 2 is 1.86 bits per heavy atom. The molecule has 1 N–H and O–H groups in total. The lowest BCUT2D eigenvalue weighted by Gasteiger charge is -2.36. The predicted octanol–water partition coefficient (Wildman–Crippen LogP) is 2.40. The largest absolute Gasteiger partial charge is 0.350 e. The number of benzene rings is 1. The highest BCUT2D eigenvalue weighted by Crippen LogP contribution is 2.33. The van der Waals surface area contributed by atoms with Crippen LogP contribution in [0.25, 0.3) is 5.82 Å². The van der Waals surface area contributed by atoms with Crippen molar-refractivity contribution in [3.05, 3.63) is 77.5 Å². The number of aryl methyl sites for hydroxylation is 1. The quantitative estimate of drug-likeness (QED) is 0.744. The van der Waals surface area contributed by atoms with E-state index in [2.05, 4.69) is 58.5 Å². The summed E-state index contributed by atoms with van der Waals surface area (Å²) in [5.74, 6) is 1.51. The lowest BCUT2D eigenvalue weighted by Crippen LogP contribution is -2.53. The third kappa shape index (κ3) is 3.31. The molecule has 1 aliphatic rings. The fraction of sp³-hybridized carbons (Fsp3) is 0.318. The summed E-state index contributed by atoms with van der Waals surface area (Å²) in [6.07, 6.45) is 7.09. The lowest BCUT2D eigenvalue weighted by atomic mass is 9.94. The van der Waals surface area contributed by atoms with E-state index < -0.39 is 0 Å². The molecule has 0 atom stereocenters. The van der Waals surface area contributed by atoms with Crippen LogP contribution >= 0.6 is 0 Å². The molecule has 1 amide bonds. The first kappa shape index (κ1) is 18.4. The van der Waals surface area contributed by atoms with Gasteiger partial charge in [0, 0.05) is 30.7 Å². The summed E-state index contributed by atoms with van der Waals surface area (Å²) in [7, 11) is 4.17. The van der Waals surface area contributed by atoms with Gasteiger partial charge in [0.05, 0.1) is 5.56 Å². The molecule has 6 nitrogen and oxygen atoms in total. The number of likely N-dealkylation sites (N-methyl/N-ethyl adjacent to an activating group) is 1. The molecule has 0 unspecified atom stereocenters. The van der Waals surface area contributed by atoms with Crippen molar-refractivity contribution >= 4 is 5.91 Å². The van der Waals surface area contributed by atoms with E-state index in [0.717, 1.165) is 24.5 Å². The van der Waals surface area contributed by atoms with Crippen LogP contribution in [0.2, 0.25) is 0 Å². The van der Waals surface area contributed by atoms with Crippen LogP contribution in [0.15, 0.2) is 55.0 Å². The van der Waals surface area contributed by atoms with Crippen molar-refractivity contribution in [2.24, 2.45) is 0 Å².